The Hall–Kier alpha value is -3.02. The summed E-state index contributed by atoms with van der Waals surface area (Å²) in [6.45, 7) is 0.550. The van der Waals surface area contributed by atoms with E-state index in [0.29, 0.717) is 35.6 Å². The number of methoxy groups -OCH3 is 3. The summed E-state index contributed by atoms with van der Waals surface area (Å²) in [5.74, 6) is 0.551. The van der Waals surface area contributed by atoms with Gasteiger partial charge in [0.05, 0.1) is 32.5 Å². The summed E-state index contributed by atoms with van der Waals surface area (Å²) in [4.78, 5) is 26.3. The molecular formula is C19H19NO5. The molecular weight excluding hydrogens is 322 g/mol. The summed E-state index contributed by atoms with van der Waals surface area (Å²) >= 11 is 0. The zero-order valence-corrected chi connectivity index (χ0v) is 14.4. The van der Waals surface area contributed by atoms with Crippen molar-refractivity contribution in [3.05, 3.63) is 53.1 Å². The highest BCUT2D eigenvalue weighted by Gasteiger charge is 2.28. The molecule has 1 amide bonds. The minimum absolute atomic E-state index is 0.149. The van der Waals surface area contributed by atoms with Gasteiger partial charge in [0.2, 0.25) is 0 Å². The Morgan fingerprint density at radius 1 is 1.00 bits per heavy atom. The van der Waals surface area contributed by atoms with Crippen molar-refractivity contribution in [2.75, 3.05) is 32.8 Å². The zero-order valence-electron chi connectivity index (χ0n) is 14.4. The lowest BCUT2D eigenvalue weighted by molar-refractivity contribution is 0.0600. The molecule has 25 heavy (non-hydrogen) atoms. The van der Waals surface area contributed by atoms with Crippen LogP contribution in [0.2, 0.25) is 0 Å². The molecule has 1 heterocycles. The molecule has 0 atom stereocenters. The van der Waals surface area contributed by atoms with Gasteiger partial charge in [-0.25, -0.2) is 4.79 Å². The minimum atomic E-state index is -0.385. The molecule has 1 aliphatic heterocycles. The topological polar surface area (TPSA) is 65.1 Å². The average molecular weight is 341 g/mol. The summed E-state index contributed by atoms with van der Waals surface area (Å²) in [7, 11) is 4.43. The van der Waals surface area contributed by atoms with Gasteiger partial charge in [0.25, 0.3) is 5.91 Å². The fourth-order valence-corrected chi connectivity index (χ4v) is 2.98. The van der Waals surface area contributed by atoms with Crippen LogP contribution in [0.25, 0.3) is 0 Å². The van der Waals surface area contributed by atoms with Crippen molar-refractivity contribution in [3.8, 4) is 11.5 Å². The predicted molar refractivity (Wildman–Crippen MR) is 92.7 cm³/mol. The second kappa shape index (κ2) is 6.84. The number of ether oxygens (including phenoxy) is 3. The molecule has 0 aliphatic carbocycles. The Kier molecular flexibility index (Phi) is 4.61. The quantitative estimate of drug-likeness (QED) is 0.800. The molecule has 0 fully saturated rings. The number of hydrogen-bond acceptors (Lipinski definition) is 5. The van der Waals surface area contributed by atoms with Crippen LogP contribution < -0.4 is 14.4 Å². The van der Waals surface area contributed by atoms with E-state index >= 15 is 0 Å². The first-order valence-corrected chi connectivity index (χ1v) is 7.84. The first kappa shape index (κ1) is 16.8. The number of hydrogen-bond donors (Lipinski definition) is 0. The molecule has 0 N–H and O–H groups in total. The van der Waals surface area contributed by atoms with E-state index in [4.69, 9.17) is 14.2 Å². The van der Waals surface area contributed by atoms with Gasteiger partial charge in [0.15, 0.2) is 0 Å². The molecule has 0 unspecified atom stereocenters. The van der Waals surface area contributed by atoms with Crippen LogP contribution in [-0.2, 0) is 11.2 Å². The van der Waals surface area contributed by atoms with Gasteiger partial charge in [0, 0.05) is 18.3 Å². The highest BCUT2D eigenvalue weighted by Crippen LogP contribution is 2.33. The van der Waals surface area contributed by atoms with Gasteiger partial charge in [-0.3, -0.25) is 4.79 Å². The van der Waals surface area contributed by atoms with Crippen molar-refractivity contribution in [1.82, 2.24) is 0 Å². The third-order valence-corrected chi connectivity index (χ3v) is 4.28. The lowest BCUT2D eigenvalue weighted by Crippen LogP contribution is -2.29. The number of carbonyl (C=O) groups is 2. The third-order valence-electron chi connectivity index (χ3n) is 4.28. The fraction of sp³-hybridized carbons (Fsp3) is 0.263. The summed E-state index contributed by atoms with van der Waals surface area (Å²) < 4.78 is 15.2. The summed E-state index contributed by atoms with van der Waals surface area (Å²) in [5.41, 5.74) is 2.70. The van der Waals surface area contributed by atoms with E-state index in [-0.39, 0.29) is 11.9 Å². The van der Waals surface area contributed by atoms with Gasteiger partial charge in [-0.2, -0.15) is 0 Å². The molecule has 0 radical (unpaired) electrons. The second-order valence-electron chi connectivity index (χ2n) is 5.61. The lowest BCUT2D eigenvalue weighted by atomic mass is 10.1. The van der Waals surface area contributed by atoms with E-state index in [2.05, 4.69) is 0 Å². The van der Waals surface area contributed by atoms with Crippen LogP contribution in [0.1, 0.15) is 26.3 Å². The maximum atomic E-state index is 13.0. The smallest absolute Gasteiger partial charge is 0.337 e. The molecule has 130 valence electrons. The van der Waals surface area contributed by atoms with Gasteiger partial charge in [-0.15, -0.1) is 0 Å². The molecule has 0 saturated heterocycles. The van der Waals surface area contributed by atoms with Crippen molar-refractivity contribution in [2.45, 2.75) is 6.42 Å². The van der Waals surface area contributed by atoms with Crippen molar-refractivity contribution in [1.29, 1.82) is 0 Å². The van der Waals surface area contributed by atoms with Crippen LogP contribution in [0.5, 0.6) is 11.5 Å². The average Bonchev–Trinajstić information content (AvgIpc) is 3.09. The number of anilines is 1. The highest BCUT2D eigenvalue weighted by atomic mass is 16.5. The molecule has 3 rings (SSSR count). The molecule has 6 nitrogen and oxygen atoms in total. The molecule has 0 bridgehead atoms. The first-order valence-electron chi connectivity index (χ1n) is 7.84. The normalized spacial score (nSPS) is 12.5. The van der Waals surface area contributed by atoms with Crippen LogP contribution in [0.4, 0.5) is 5.69 Å². The molecule has 1 aliphatic rings. The van der Waals surface area contributed by atoms with E-state index in [1.807, 2.05) is 0 Å². The van der Waals surface area contributed by atoms with Crippen molar-refractivity contribution in [3.63, 3.8) is 0 Å². The Morgan fingerprint density at radius 2 is 1.80 bits per heavy atom. The monoisotopic (exact) mass is 341 g/mol. The van der Waals surface area contributed by atoms with Crippen molar-refractivity contribution in [2.24, 2.45) is 0 Å². The Morgan fingerprint density at radius 3 is 2.48 bits per heavy atom. The number of esters is 1. The Balaban J connectivity index is 1.93. The number of fused-ring (bicyclic) bond motifs is 1. The van der Waals surface area contributed by atoms with Gasteiger partial charge < -0.3 is 19.1 Å². The fourth-order valence-electron chi connectivity index (χ4n) is 2.98. The Labute approximate surface area is 145 Å². The van der Waals surface area contributed by atoms with Crippen LogP contribution in [0.3, 0.4) is 0 Å². The van der Waals surface area contributed by atoms with Crippen LogP contribution >= 0.6 is 0 Å². The van der Waals surface area contributed by atoms with Gasteiger partial charge in [0.1, 0.15) is 11.5 Å². The number of rotatable bonds is 4. The second-order valence-corrected chi connectivity index (χ2v) is 5.61. The highest BCUT2D eigenvalue weighted by molar-refractivity contribution is 6.09. The molecule has 0 aromatic heterocycles. The van der Waals surface area contributed by atoms with Crippen LogP contribution in [-0.4, -0.2) is 39.8 Å². The molecule has 2 aromatic rings. The third kappa shape index (κ3) is 3.03. The molecule has 6 heteroatoms. The molecule has 0 spiro atoms. The number of benzene rings is 2. The van der Waals surface area contributed by atoms with E-state index in [9.17, 15) is 9.59 Å². The van der Waals surface area contributed by atoms with Crippen molar-refractivity contribution >= 4 is 17.6 Å². The molecule has 2 aromatic carbocycles. The largest absolute Gasteiger partial charge is 0.497 e. The SMILES string of the molecule is COC(=O)c1ccc2c(c1)CCN2C(=O)c1ccc(OC)cc1OC. The summed E-state index contributed by atoms with van der Waals surface area (Å²) in [6, 6.07) is 10.3. The van der Waals surface area contributed by atoms with Gasteiger partial charge >= 0.3 is 5.97 Å². The summed E-state index contributed by atoms with van der Waals surface area (Å²) in [6.07, 6.45) is 0.685. The van der Waals surface area contributed by atoms with Gasteiger partial charge in [-0.05, 0) is 42.3 Å². The minimum Gasteiger partial charge on any atom is -0.497 e. The van der Waals surface area contributed by atoms with Crippen LogP contribution in [0, 0.1) is 0 Å². The lowest BCUT2D eigenvalue weighted by Gasteiger charge is -2.19. The van der Waals surface area contributed by atoms with Gasteiger partial charge in [-0.1, -0.05) is 0 Å². The van der Waals surface area contributed by atoms with Crippen LogP contribution in [0.15, 0.2) is 36.4 Å². The van der Waals surface area contributed by atoms with E-state index in [1.54, 1.807) is 48.4 Å². The first-order chi connectivity index (χ1) is 12.1. The zero-order chi connectivity index (χ0) is 18.0. The molecule has 0 saturated carbocycles. The van der Waals surface area contributed by atoms with E-state index < -0.39 is 0 Å². The standard InChI is InChI=1S/C19H19NO5/c1-23-14-5-6-15(17(11-14)24-2)18(21)20-9-8-12-10-13(19(22)25-3)4-7-16(12)20/h4-7,10-11H,8-9H2,1-3H3. The number of carbonyl (C=O) groups excluding carboxylic acids is 2. The van der Waals surface area contributed by atoms with Crippen molar-refractivity contribution < 1.29 is 23.8 Å². The van der Waals surface area contributed by atoms with E-state index in [1.165, 1.54) is 14.2 Å². The summed E-state index contributed by atoms with van der Waals surface area (Å²) in [5, 5.41) is 0. The number of amides is 1. The number of nitrogens with zero attached hydrogens (tertiary/aromatic N) is 1. The van der Waals surface area contributed by atoms with E-state index in [0.717, 1.165) is 11.3 Å². The maximum absolute atomic E-state index is 13.0. The Bertz CT molecular complexity index is 831. The maximum Gasteiger partial charge on any atom is 0.337 e. The predicted octanol–water partition coefficient (Wildman–Crippen LogP) is 2.69.